The molecule has 2 nitrogen and oxygen atoms in total. The summed E-state index contributed by atoms with van der Waals surface area (Å²) in [4.78, 5) is 0. The van der Waals surface area contributed by atoms with Gasteiger partial charge in [-0.3, -0.25) is 0 Å². The predicted octanol–water partition coefficient (Wildman–Crippen LogP) is 3.59. The maximum Gasteiger partial charge on any atom is 0.123 e. The molecule has 0 aliphatic heterocycles. The minimum absolute atomic E-state index is 0.0844. The molecule has 1 aromatic carbocycles. The van der Waals surface area contributed by atoms with Gasteiger partial charge in [-0.25, -0.2) is 4.39 Å². The van der Waals surface area contributed by atoms with E-state index in [9.17, 15) is 9.50 Å². The van der Waals surface area contributed by atoms with Crippen molar-refractivity contribution in [1.29, 1.82) is 0 Å². The van der Waals surface area contributed by atoms with Crippen LogP contribution < -0.4 is 5.73 Å². The second-order valence-electron chi connectivity index (χ2n) is 6.05. The van der Waals surface area contributed by atoms with E-state index in [0.717, 1.165) is 12.0 Å². The third-order valence-corrected chi connectivity index (χ3v) is 4.57. The Morgan fingerprint density at radius 2 is 1.70 bits per heavy atom. The fraction of sp³-hybridized carbons (Fsp3) is 0.647. The molecule has 3 N–H and O–H groups in total. The first-order valence-corrected chi connectivity index (χ1v) is 7.84. The Labute approximate surface area is 121 Å². The van der Waals surface area contributed by atoms with Gasteiger partial charge in [0.2, 0.25) is 0 Å². The highest BCUT2D eigenvalue weighted by atomic mass is 19.1. The second-order valence-corrected chi connectivity index (χ2v) is 6.05. The minimum Gasteiger partial charge on any atom is -0.392 e. The number of hydrogen-bond donors (Lipinski definition) is 2. The molecule has 1 aliphatic carbocycles. The highest BCUT2D eigenvalue weighted by molar-refractivity contribution is 5.22. The Balaban J connectivity index is 1.97. The zero-order chi connectivity index (χ0) is 14.4. The number of aliphatic hydroxyl groups is 1. The summed E-state index contributed by atoms with van der Waals surface area (Å²) in [5.41, 5.74) is 6.77. The average molecular weight is 279 g/mol. The largest absolute Gasteiger partial charge is 0.392 e. The molecule has 1 aromatic rings. The van der Waals surface area contributed by atoms with Crippen LogP contribution in [0.4, 0.5) is 4.39 Å². The van der Waals surface area contributed by atoms with Gasteiger partial charge in [-0.1, -0.05) is 50.7 Å². The molecular formula is C17H26FNO. The highest BCUT2D eigenvalue weighted by Crippen LogP contribution is 2.30. The molecule has 3 heteroatoms. The Hall–Kier alpha value is -0.930. The van der Waals surface area contributed by atoms with E-state index in [4.69, 9.17) is 5.73 Å². The lowest BCUT2D eigenvalue weighted by molar-refractivity contribution is 0.112. The van der Waals surface area contributed by atoms with Crippen molar-refractivity contribution in [1.82, 2.24) is 0 Å². The summed E-state index contributed by atoms with van der Waals surface area (Å²) in [5, 5.41) is 10.5. The molecule has 0 radical (unpaired) electrons. The van der Waals surface area contributed by atoms with Crippen molar-refractivity contribution in [3.05, 3.63) is 35.6 Å². The van der Waals surface area contributed by atoms with E-state index < -0.39 is 6.10 Å². The van der Waals surface area contributed by atoms with Crippen LogP contribution in [0, 0.1) is 11.7 Å². The smallest absolute Gasteiger partial charge is 0.123 e. The van der Waals surface area contributed by atoms with Crippen molar-refractivity contribution in [2.45, 2.75) is 57.0 Å². The van der Waals surface area contributed by atoms with Crippen molar-refractivity contribution < 1.29 is 9.50 Å². The third kappa shape index (κ3) is 4.29. The number of benzene rings is 1. The summed E-state index contributed by atoms with van der Waals surface area (Å²) >= 11 is 0. The minimum atomic E-state index is -0.423. The van der Waals surface area contributed by atoms with Crippen LogP contribution in [0.3, 0.4) is 0 Å². The van der Waals surface area contributed by atoms with Gasteiger partial charge in [0.05, 0.1) is 6.10 Å². The standard InChI is InChI=1S/C17H26FNO/c18-15-9-7-14(8-10-15)16(12-19)17(20)11-13-5-3-1-2-4-6-13/h7-10,13,16-17,20H,1-6,11-12,19H2. The molecule has 1 aliphatic rings. The monoisotopic (exact) mass is 279 g/mol. The quantitative estimate of drug-likeness (QED) is 0.809. The van der Waals surface area contributed by atoms with Gasteiger partial charge in [0.25, 0.3) is 0 Å². The molecule has 2 unspecified atom stereocenters. The van der Waals surface area contributed by atoms with Crippen molar-refractivity contribution in [2.24, 2.45) is 11.7 Å². The summed E-state index contributed by atoms with van der Waals surface area (Å²) in [6.45, 7) is 0.402. The molecule has 1 saturated carbocycles. The molecule has 0 amide bonds. The molecule has 0 bridgehead atoms. The summed E-state index contributed by atoms with van der Waals surface area (Å²) in [5.74, 6) is 0.281. The van der Waals surface area contributed by atoms with Gasteiger partial charge < -0.3 is 10.8 Å². The Morgan fingerprint density at radius 1 is 1.10 bits per heavy atom. The maximum atomic E-state index is 13.0. The highest BCUT2D eigenvalue weighted by Gasteiger charge is 2.24. The van der Waals surface area contributed by atoms with E-state index in [1.165, 1.54) is 50.7 Å². The van der Waals surface area contributed by atoms with E-state index >= 15 is 0 Å². The summed E-state index contributed by atoms with van der Waals surface area (Å²) in [7, 11) is 0. The first kappa shape index (κ1) is 15.5. The Kier molecular flexibility index (Phi) is 5.99. The molecule has 20 heavy (non-hydrogen) atoms. The number of aliphatic hydroxyl groups excluding tert-OH is 1. The van der Waals surface area contributed by atoms with Crippen LogP contribution in [-0.2, 0) is 0 Å². The van der Waals surface area contributed by atoms with Gasteiger partial charge >= 0.3 is 0 Å². The molecule has 2 atom stereocenters. The first-order valence-electron chi connectivity index (χ1n) is 7.84. The molecule has 2 rings (SSSR count). The fourth-order valence-corrected chi connectivity index (χ4v) is 3.33. The van der Waals surface area contributed by atoms with Crippen LogP contribution in [0.2, 0.25) is 0 Å². The molecule has 112 valence electrons. The van der Waals surface area contributed by atoms with Crippen LogP contribution in [-0.4, -0.2) is 17.8 Å². The topological polar surface area (TPSA) is 46.2 Å². The van der Waals surface area contributed by atoms with Crippen molar-refractivity contribution in [3.8, 4) is 0 Å². The van der Waals surface area contributed by atoms with Crippen molar-refractivity contribution in [3.63, 3.8) is 0 Å². The maximum absolute atomic E-state index is 13.0. The number of nitrogens with two attached hydrogens (primary N) is 1. The zero-order valence-corrected chi connectivity index (χ0v) is 12.1. The van der Waals surface area contributed by atoms with Crippen molar-refractivity contribution >= 4 is 0 Å². The normalized spacial score (nSPS) is 20.4. The third-order valence-electron chi connectivity index (χ3n) is 4.57. The Morgan fingerprint density at radius 3 is 2.25 bits per heavy atom. The van der Waals surface area contributed by atoms with Gasteiger partial charge in [-0.2, -0.15) is 0 Å². The molecular weight excluding hydrogens is 253 g/mol. The van der Waals surface area contributed by atoms with E-state index in [1.54, 1.807) is 12.1 Å². The lowest BCUT2D eigenvalue weighted by atomic mass is 9.85. The fourth-order valence-electron chi connectivity index (χ4n) is 3.33. The van der Waals surface area contributed by atoms with E-state index in [2.05, 4.69) is 0 Å². The van der Waals surface area contributed by atoms with Gasteiger partial charge in [0.1, 0.15) is 5.82 Å². The second kappa shape index (κ2) is 7.75. The van der Waals surface area contributed by atoms with Crippen molar-refractivity contribution in [2.75, 3.05) is 6.54 Å². The lowest BCUT2D eigenvalue weighted by Gasteiger charge is -2.25. The summed E-state index contributed by atoms with van der Waals surface area (Å²) in [6, 6.07) is 6.36. The first-order chi connectivity index (χ1) is 9.70. The zero-order valence-electron chi connectivity index (χ0n) is 12.1. The van der Waals surface area contributed by atoms with E-state index in [-0.39, 0.29) is 11.7 Å². The van der Waals surface area contributed by atoms with E-state index in [1.807, 2.05) is 0 Å². The van der Waals surface area contributed by atoms with Gasteiger partial charge in [-0.05, 0) is 30.0 Å². The van der Waals surface area contributed by atoms with Crippen LogP contribution in [0.25, 0.3) is 0 Å². The Bertz CT molecular complexity index is 384. The van der Waals surface area contributed by atoms with Crippen LogP contribution in [0.5, 0.6) is 0 Å². The van der Waals surface area contributed by atoms with Gasteiger partial charge in [0.15, 0.2) is 0 Å². The van der Waals surface area contributed by atoms with Gasteiger partial charge in [0, 0.05) is 12.5 Å². The molecule has 0 spiro atoms. The lowest BCUT2D eigenvalue weighted by Crippen LogP contribution is -2.28. The molecule has 0 heterocycles. The number of halogens is 1. The van der Waals surface area contributed by atoms with Crippen LogP contribution >= 0.6 is 0 Å². The SMILES string of the molecule is NCC(c1ccc(F)cc1)C(O)CC1CCCCCC1. The van der Waals surface area contributed by atoms with Crippen LogP contribution in [0.15, 0.2) is 24.3 Å². The predicted molar refractivity (Wildman–Crippen MR) is 80.0 cm³/mol. The van der Waals surface area contributed by atoms with Gasteiger partial charge in [-0.15, -0.1) is 0 Å². The summed E-state index contributed by atoms with van der Waals surface area (Å²) in [6.07, 6.45) is 8.04. The molecule has 1 fully saturated rings. The van der Waals surface area contributed by atoms with E-state index in [0.29, 0.717) is 12.5 Å². The van der Waals surface area contributed by atoms with Crippen LogP contribution in [0.1, 0.15) is 56.4 Å². The average Bonchev–Trinajstić information content (AvgIpc) is 2.70. The number of hydrogen-bond acceptors (Lipinski definition) is 2. The summed E-state index contributed by atoms with van der Waals surface area (Å²) < 4.78 is 13.0. The molecule has 0 aromatic heterocycles. The number of rotatable bonds is 5. The molecule has 0 saturated heterocycles.